The SMILES string of the molecule is CCCSC[C@H](N)C(=O)O.CCCSC[C@H](N)C(=O)O.O=S. The minimum Gasteiger partial charge on any atom is -0.480 e. The van der Waals surface area contributed by atoms with E-state index in [1.807, 2.05) is 0 Å². The van der Waals surface area contributed by atoms with Gasteiger partial charge in [-0.05, 0) is 24.3 Å². The third-order valence-corrected chi connectivity index (χ3v) is 4.51. The zero-order valence-electron chi connectivity index (χ0n) is 12.9. The molecule has 6 N–H and O–H groups in total. The van der Waals surface area contributed by atoms with E-state index in [0.29, 0.717) is 11.5 Å². The van der Waals surface area contributed by atoms with Gasteiger partial charge >= 0.3 is 11.9 Å². The van der Waals surface area contributed by atoms with Gasteiger partial charge in [0.15, 0.2) is 12.5 Å². The highest BCUT2D eigenvalue weighted by atomic mass is 32.2. The first-order valence-electron chi connectivity index (χ1n) is 6.65. The molecule has 0 unspecified atom stereocenters. The van der Waals surface area contributed by atoms with Crippen LogP contribution in [-0.4, -0.2) is 61.5 Å². The van der Waals surface area contributed by atoms with Crippen molar-refractivity contribution in [1.29, 1.82) is 0 Å². The maximum absolute atomic E-state index is 10.2. The van der Waals surface area contributed by atoms with Gasteiger partial charge in [-0.2, -0.15) is 27.7 Å². The van der Waals surface area contributed by atoms with Gasteiger partial charge < -0.3 is 21.7 Å². The van der Waals surface area contributed by atoms with E-state index in [0.717, 1.165) is 24.3 Å². The van der Waals surface area contributed by atoms with Crippen LogP contribution < -0.4 is 11.5 Å². The molecule has 7 nitrogen and oxygen atoms in total. The van der Waals surface area contributed by atoms with E-state index in [9.17, 15) is 9.59 Å². The highest BCUT2D eigenvalue weighted by molar-refractivity contribution is 7.99. The third kappa shape index (κ3) is 21.9. The number of carboxylic acid groups (broad SMARTS) is 2. The number of thioether (sulfide) groups is 2. The van der Waals surface area contributed by atoms with Gasteiger partial charge in [0.1, 0.15) is 12.1 Å². The first-order chi connectivity index (χ1) is 10.4. The molecule has 0 heterocycles. The molecule has 0 saturated heterocycles. The second kappa shape index (κ2) is 20.6. The van der Waals surface area contributed by atoms with Crippen LogP contribution in [0.1, 0.15) is 26.7 Å². The Bertz CT molecular complexity index is 259. The van der Waals surface area contributed by atoms with Crippen molar-refractivity contribution in [2.75, 3.05) is 23.0 Å². The molecule has 22 heavy (non-hydrogen) atoms. The summed E-state index contributed by atoms with van der Waals surface area (Å²) in [4.78, 5) is 20.3. The summed E-state index contributed by atoms with van der Waals surface area (Å²) in [7, 11) is 0. The third-order valence-electron chi connectivity index (χ3n) is 1.93. The molecule has 0 aromatic carbocycles. The summed E-state index contributed by atoms with van der Waals surface area (Å²) in [5.74, 6) is 1.18. The molecule has 0 aromatic rings. The maximum Gasteiger partial charge on any atom is 0.321 e. The molecule has 0 radical (unpaired) electrons. The van der Waals surface area contributed by atoms with E-state index in [2.05, 4.69) is 26.4 Å². The van der Waals surface area contributed by atoms with Crippen LogP contribution in [0.3, 0.4) is 0 Å². The van der Waals surface area contributed by atoms with Gasteiger partial charge in [0.25, 0.3) is 0 Å². The van der Waals surface area contributed by atoms with Gasteiger partial charge in [0.05, 0.1) is 0 Å². The standard InChI is InChI=1S/2C6H13NO2S.OS/c2*1-2-3-10-4-5(7)6(8)9;1-2/h2*5H,2-4,7H2,1H3,(H,8,9);/t2*5-;/m00./s1. The second-order valence-corrected chi connectivity index (χ2v) is 6.34. The van der Waals surface area contributed by atoms with Gasteiger partial charge in [-0.3, -0.25) is 9.59 Å². The smallest absolute Gasteiger partial charge is 0.321 e. The summed E-state index contributed by atoms with van der Waals surface area (Å²) in [5, 5.41) is 16.7. The largest absolute Gasteiger partial charge is 0.480 e. The quantitative estimate of drug-likeness (QED) is 0.404. The van der Waals surface area contributed by atoms with Gasteiger partial charge in [-0.15, -0.1) is 0 Å². The first-order valence-corrected chi connectivity index (χ1v) is 9.29. The Labute approximate surface area is 145 Å². The Morgan fingerprint density at radius 2 is 1.18 bits per heavy atom. The van der Waals surface area contributed by atoms with Crippen LogP contribution in [0.5, 0.6) is 0 Å². The van der Waals surface area contributed by atoms with Crippen LogP contribution in [0.4, 0.5) is 0 Å². The average Bonchev–Trinajstić information content (AvgIpc) is 2.50. The lowest BCUT2D eigenvalue weighted by Crippen LogP contribution is -2.32. The Hall–Kier alpha value is -0.420. The predicted octanol–water partition coefficient (Wildman–Crippen LogP) is 0.747. The zero-order valence-corrected chi connectivity index (χ0v) is 15.3. The molecule has 0 amide bonds. The Kier molecular flexibility index (Phi) is 24.8. The van der Waals surface area contributed by atoms with E-state index in [1.54, 1.807) is 23.5 Å². The molecule has 10 heteroatoms. The molecule has 0 aliphatic heterocycles. The van der Waals surface area contributed by atoms with E-state index < -0.39 is 24.0 Å². The van der Waals surface area contributed by atoms with Crippen molar-refractivity contribution >= 4 is 48.0 Å². The molecule has 0 aromatic heterocycles. The molecule has 0 spiro atoms. The summed E-state index contributed by atoms with van der Waals surface area (Å²) >= 11 is 6.00. The van der Waals surface area contributed by atoms with E-state index >= 15 is 0 Å². The summed E-state index contributed by atoms with van der Waals surface area (Å²) < 4.78 is 7.83. The van der Waals surface area contributed by atoms with E-state index in [4.69, 9.17) is 25.9 Å². The fraction of sp³-hybridized carbons (Fsp3) is 0.833. The fourth-order valence-corrected chi connectivity index (χ4v) is 2.56. The first kappa shape index (κ1) is 26.5. The number of hydrogen-bond donors (Lipinski definition) is 4. The van der Waals surface area contributed by atoms with Gasteiger partial charge in [-0.1, -0.05) is 13.8 Å². The minimum atomic E-state index is -0.913. The van der Waals surface area contributed by atoms with Gasteiger partial charge in [0, 0.05) is 11.5 Å². The van der Waals surface area contributed by atoms with Gasteiger partial charge in [-0.25, -0.2) is 0 Å². The number of nitrogens with two attached hydrogens (primary N) is 2. The van der Waals surface area contributed by atoms with Crippen molar-refractivity contribution in [1.82, 2.24) is 0 Å². The van der Waals surface area contributed by atoms with Crippen molar-refractivity contribution < 1.29 is 24.0 Å². The van der Waals surface area contributed by atoms with E-state index in [1.165, 1.54) is 0 Å². The van der Waals surface area contributed by atoms with Gasteiger partial charge in [0.2, 0.25) is 0 Å². The zero-order chi connectivity index (χ0) is 18.0. The monoisotopic (exact) mass is 374 g/mol. The molecule has 132 valence electrons. The van der Waals surface area contributed by atoms with Crippen LogP contribution >= 0.6 is 23.5 Å². The predicted molar refractivity (Wildman–Crippen MR) is 94.6 cm³/mol. The highest BCUT2D eigenvalue weighted by Crippen LogP contribution is 2.03. The number of hydrogen-bond acceptors (Lipinski definition) is 8. The molecule has 0 rings (SSSR count). The number of carbonyl (C=O) groups is 2. The molecule has 0 saturated carbocycles. The molecule has 0 fully saturated rings. The van der Waals surface area contributed by atoms with Crippen molar-refractivity contribution in [2.24, 2.45) is 11.5 Å². The van der Waals surface area contributed by atoms with Crippen LogP contribution in [0.15, 0.2) is 0 Å². The normalized spacial score (nSPS) is 12.0. The summed E-state index contributed by atoms with van der Waals surface area (Å²) in [5.41, 5.74) is 10.5. The average molecular weight is 375 g/mol. The lowest BCUT2D eigenvalue weighted by Gasteiger charge is -2.03. The van der Waals surface area contributed by atoms with Crippen molar-refractivity contribution in [3.05, 3.63) is 0 Å². The minimum absolute atomic E-state index is 0.517. The topological polar surface area (TPSA) is 144 Å². The lowest BCUT2D eigenvalue weighted by molar-refractivity contribution is -0.138. The Morgan fingerprint density at radius 1 is 0.909 bits per heavy atom. The number of rotatable bonds is 10. The van der Waals surface area contributed by atoms with Crippen molar-refractivity contribution in [3.63, 3.8) is 0 Å². The summed E-state index contributed by atoms with van der Waals surface area (Å²) in [6.07, 6.45) is 2.13. The van der Waals surface area contributed by atoms with Crippen LogP contribution in [0.2, 0.25) is 0 Å². The van der Waals surface area contributed by atoms with Crippen LogP contribution in [0, 0.1) is 0 Å². The molecule has 0 aliphatic carbocycles. The fourth-order valence-electron chi connectivity index (χ4n) is 0.852. The molecule has 2 atom stereocenters. The summed E-state index contributed by atoms with van der Waals surface area (Å²) in [6.45, 7) is 4.11. The van der Waals surface area contributed by atoms with Crippen molar-refractivity contribution in [2.45, 2.75) is 38.8 Å². The molecular formula is C12H26N2O5S3. The van der Waals surface area contributed by atoms with Crippen LogP contribution in [0.25, 0.3) is 0 Å². The Balaban J connectivity index is -0.000000294. The van der Waals surface area contributed by atoms with Crippen molar-refractivity contribution in [3.8, 4) is 0 Å². The summed E-state index contributed by atoms with van der Waals surface area (Å²) in [6, 6.07) is -1.40. The maximum atomic E-state index is 10.2. The molecule has 0 aliphatic rings. The molecular weight excluding hydrogens is 348 g/mol. The second-order valence-electron chi connectivity index (χ2n) is 4.04. The number of aliphatic carboxylic acids is 2. The van der Waals surface area contributed by atoms with Crippen LogP contribution in [-0.2, 0) is 22.1 Å². The lowest BCUT2D eigenvalue weighted by atomic mass is 10.4. The Morgan fingerprint density at radius 3 is 1.36 bits per heavy atom. The highest BCUT2D eigenvalue weighted by Gasteiger charge is 2.10. The number of carboxylic acids is 2. The van der Waals surface area contributed by atoms with E-state index in [-0.39, 0.29) is 0 Å². The molecule has 0 bridgehead atoms.